The van der Waals surface area contributed by atoms with Gasteiger partial charge in [-0.05, 0) is 76.8 Å². The number of methoxy groups -OCH3 is 2. The third-order valence-electron chi connectivity index (χ3n) is 6.15. The summed E-state index contributed by atoms with van der Waals surface area (Å²) in [4.78, 5) is 31.8. The van der Waals surface area contributed by atoms with E-state index in [0.29, 0.717) is 21.5 Å². The molecule has 1 N–H and O–H groups in total. The van der Waals surface area contributed by atoms with E-state index in [1.54, 1.807) is 31.3 Å². The van der Waals surface area contributed by atoms with Crippen LogP contribution in [0.1, 0.15) is 21.5 Å². The number of hydrogen-bond acceptors (Lipinski definition) is 6. The van der Waals surface area contributed by atoms with E-state index in [1.807, 2.05) is 66.7 Å². The third kappa shape index (κ3) is 5.12. The van der Waals surface area contributed by atoms with Crippen LogP contribution in [0.5, 0.6) is 11.5 Å². The van der Waals surface area contributed by atoms with Crippen LogP contribution in [0.15, 0.2) is 94.8 Å². The molecule has 4 aromatic rings. The highest BCUT2D eigenvalue weighted by molar-refractivity contribution is 8.18. The van der Waals surface area contributed by atoms with Crippen molar-refractivity contribution in [2.24, 2.45) is 4.99 Å². The molecule has 1 fully saturated rings. The minimum absolute atomic E-state index is 0.176. The Morgan fingerprint density at radius 3 is 2.29 bits per heavy atom. The van der Waals surface area contributed by atoms with Gasteiger partial charge in [0.15, 0.2) is 5.17 Å². The van der Waals surface area contributed by atoms with E-state index in [1.165, 1.54) is 23.9 Å². The van der Waals surface area contributed by atoms with Crippen molar-refractivity contribution >= 4 is 51.3 Å². The van der Waals surface area contributed by atoms with Gasteiger partial charge in [-0.1, -0.05) is 42.5 Å². The van der Waals surface area contributed by atoms with Gasteiger partial charge in [0.05, 0.1) is 36.9 Å². The standard InChI is InChI=1S/C30H24N2O5S/c1-36-23-14-12-22(13-15-23)31-30-32(18-19-7-9-20(10-8-19)29(34)35)28(33)27(38-30)17-21-11-16-26(37-2)25-6-4-3-5-24(21)25/h3-17H,18H2,1-2H3,(H,34,35)/b27-17-,31-30?. The van der Waals surface area contributed by atoms with Crippen molar-refractivity contribution in [1.29, 1.82) is 0 Å². The van der Waals surface area contributed by atoms with Crippen LogP contribution in [-0.2, 0) is 11.3 Å². The molecule has 0 unspecified atom stereocenters. The molecule has 0 atom stereocenters. The molecule has 0 saturated carbocycles. The molecule has 1 aliphatic heterocycles. The molecule has 1 amide bonds. The SMILES string of the molecule is COc1ccc(N=C2S/C(=C\c3ccc(OC)c4ccccc34)C(=O)N2Cc2ccc(C(=O)O)cc2)cc1. The number of thioether (sulfide) groups is 1. The van der Waals surface area contributed by atoms with Crippen LogP contribution in [0.4, 0.5) is 5.69 Å². The van der Waals surface area contributed by atoms with E-state index in [-0.39, 0.29) is 18.0 Å². The average Bonchev–Trinajstić information content (AvgIpc) is 3.22. The van der Waals surface area contributed by atoms with E-state index in [0.717, 1.165) is 27.6 Å². The molecule has 0 spiro atoms. The molecular weight excluding hydrogens is 500 g/mol. The predicted octanol–water partition coefficient (Wildman–Crippen LogP) is 6.36. The summed E-state index contributed by atoms with van der Waals surface area (Å²) in [7, 11) is 3.24. The lowest BCUT2D eigenvalue weighted by Crippen LogP contribution is -2.28. The lowest BCUT2D eigenvalue weighted by molar-refractivity contribution is -0.122. The summed E-state index contributed by atoms with van der Waals surface area (Å²) in [5.74, 6) is 0.306. The van der Waals surface area contributed by atoms with Crippen molar-refractivity contribution in [2.75, 3.05) is 14.2 Å². The number of carboxylic acid groups (broad SMARTS) is 1. The predicted molar refractivity (Wildman–Crippen MR) is 150 cm³/mol. The Hall–Kier alpha value is -4.56. The summed E-state index contributed by atoms with van der Waals surface area (Å²) in [6.07, 6.45) is 1.88. The Kier molecular flexibility index (Phi) is 7.15. The van der Waals surface area contributed by atoms with Crippen LogP contribution >= 0.6 is 11.8 Å². The molecule has 4 aromatic carbocycles. The van der Waals surface area contributed by atoms with Gasteiger partial charge >= 0.3 is 5.97 Å². The zero-order valence-electron chi connectivity index (χ0n) is 20.8. The molecule has 1 saturated heterocycles. The fourth-order valence-electron chi connectivity index (χ4n) is 4.17. The van der Waals surface area contributed by atoms with E-state index >= 15 is 0 Å². The normalized spacial score (nSPS) is 15.4. The molecule has 5 rings (SSSR count). The van der Waals surface area contributed by atoms with Gasteiger partial charge in [-0.15, -0.1) is 0 Å². The van der Waals surface area contributed by atoms with Crippen LogP contribution in [0, 0.1) is 0 Å². The molecule has 1 heterocycles. The Morgan fingerprint density at radius 1 is 0.921 bits per heavy atom. The maximum absolute atomic E-state index is 13.7. The lowest BCUT2D eigenvalue weighted by atomic mass is 10.0. The van der Waals surface area contributed by atoms with Gasteiger partial charge in [-0.3, -0.25) is 9.69 Å². The van der Waals surface area contributed by atoms with Gasteiger partial charge in [-0.25, -0.2) is 9.79 Å². The van der Waals surface area contributed by atoms with Crippen LogP contribution in [0.3, 0.4) is 0 Å². The highest BCUT2D eigenvalue weighted by atomic mass is 32.2. The van der Waals surface area contributed by atoms with Gasteiger partial charge in [0, 0.05) is 5.39 Å². The molecular formula is C30H24N2O5S. The molecule has 0 aliphatic carbocycles. The number of benzene rings is 4. The van der Waals surface area contributed by atoms with E-state index in [4.69, 9.17) is 14.5 Å². The van der Waals surface area contributed by atoms with E-state index < -0.39 is 5.97 Å². The topological polar surface area (TPSA) is 88.4 Å². The molecule has 1 aliphatic rings. The minimum Gasteiger partial charge on any atom is -0.497 e. The van der Waals surface area contributed by atoms with Crippen molar-refractivity contribution < 1.29 is 24.2 Å². The Bertz CT molecular complexity index is 1580. The first kappa shape index (κ1) is 25.1. The number of rotatable bonds is 7. The number of nitrogens with zero attached hydrogens (tertiary/aromatic N) is 2. The number of aliphatic imine (C=N–C) groups is 1. The van der Waals surface area contributed by atoms with Gasteiger partial charge in [0.2, 0.25) is 0 Å². The number of aromatic carboxylic acids is 1. The second-order valence-electron chi connectivity index (χ2n) is 8.50. The van der Waals surface area contributed by atoms with Crippen LogP contribution in [-0.4, -0.2) is 41.3 Å². The molecule has 0 radical (unpaired) electrons. The number of amides is 1. The van der Waals surface area contributed by atoms with E-state index in [9.17, 15) is 14.7 Å². The van der Waals surface area contributed by atoms with Gasteiger partial charge < -0.3 is 14.6 Å². The summed E-state index contributed by atoms with van der Waals surface area (Å²) < 4.78 is 10.8. The summed E-state index contributed by atoms with van der Waals surface area (Å²) in [5, 5.41) is 11.7. The highest BCUT2D eigenvalue weighted by Crippen LogP contribution is 2.37. The first-order valence-electron chi connectivity index (χ1n) is 11.8. The number of fused-ring (bicyclic) bond motifs is 1. The smallest absolute Gasteiger partial charge is 0.335 e. The second-order valence-corrected chi connectivity index (χ2v) is 9.51. The zero-order valence-corrected chi connectivity index (χ0v) is 21.6. The number of carbonyl (C=O) groups is 2. The van der Waals surface area contributed by atoms with Crippen molar-refractivity contribution in [3.8, 4) is 11.5 Å². The Labute approximate surface area is 224 Å². The Morgan fingerprint density at radius 2 is 1.63 bits per heavy atom. The summed E-state index contributed by atoms with van der Waals surface area (Å²) in [5.41, 5.74) is 2.56. The number of carbonyl (C=O) groups excluding carboxylic acids is 1. The average molecular weight is 525 g/mol. The fourth-order valence-corrected chi connectivity index (χ4v) is 5.16. The number of carboxylic acids is 1. The van der Waals surface area contributed by atoms with Crippen molar-refractivity contribution in [1.82, 2.24) is 4.90 Å². The third-order valence-corrected chi connectivity index (χ3v) is 7.16. The zero-order chi connectivity index (χ0) is 26.6. The summed E-state index contributed by atoms with van der Waals surface area (Å²) in [6, 6.07) is 25.5. The number of amidine groups is 1. The first-order valence-corrected chi connectivity index (χ1v) is 12.6. The minimum atomic E-state index is -0.997. The van der Waals surface area contributed by atoms with Crippen molar-refractivity contribution in [3.63, 3.8) is 0 Å². The number of ether oxygens (including phenoxy) is 2. The maximum Gasteiger partial charge on any atom is 0.335 e. The van der Waals surface area contributed by atoms with E-state index in [2.05, 4.69) is 0 Å². The number of hydrogen-bond donors (Lipinski definition) is 1. The fraction of sp³-hybridized carbons (Fsp3) is 0.100. The second kappa shape index (κ2) is 10.8. The molecule has 190 valence electrons. The van der Waals surface area contributed by atoms with Crippen molar-refractivity contribution in [3.05, 3.63) is 107 Å². The maximum atomic E-state index is 13.7. The summed E-state index contributed by atoms with van der Waals surface area (Å²) in [6.45, 7) is 0.251. The quantitative estimate of drug-likeness (QED) is 0.283. The van der Waals surface area contributed by atoms with Crippen LogP contribution in [0.2, 0.25) is 0 Å². The molecule has 38 heavy (non-hydrogen) atoms. The molecule has 7 nitrogen and oxygen atoms in total. The summed E-state index contributed by atoms with van der Waals surface area (Å²) >= 11 is 1.30. The van der Waals surface area contributed by atoms with Gasteiger partial charge in [-0.2, -0.15) is 0 Å². The first-order chi connectivity index (χ1) is 18.5. The molecule has 0 aromatic heterocycles. The van der Waals surface area contributed by atoms with Crippen LogP contribution < -0.4 is 9.47 Å². The van der Waals surface area contributed by atoms with Crippen LogP contribution in [0.25, 0.3) is 16.8 Å². The highest BCUT2D eigenvalue weighted by Gasteiger charge is 2.33. The Balaban J connectivity index is 1.54. The van der Waals surface area contributed by atoms with Crippen molar-refractivity contribution in [2.45, 2.75) is 6.54 Å². The monoisotopic (exact) mass is 524 g/mol. The molecule has 8 heteroatoms. The molecule has 0 bridgehead atoms. The van der Waals surface area contributed by atoms with Gasteiger partial charge in [0.1, 0.15) is 11.5 Å². The largest absolute Gasteiger partial charge is 0.497 e. The lowest BCUT2D eigenvalue weighted by Gasteiger charge is -2.16. The van der Waals surface area contributed by atoms with Gasteiger partial charge in [0.25, 0.3) is 5.91 Å².